The molecular formula is C24H20N4O7. The van der Waals surface area contributed by atoms with Crippen molar-refractivity contribution in [1.29, 1.82) is 0 Å². The van der Waals surface area contributed by atoms with E-state index in [9.17, 15) is 24.5 Å². The fourth-order valence-corrected chi connectivity index (χ4v) is 2.93. The van der Waals surface area contributed by atoms with E-state index < -0.39 is 29.3 Å². The van der Waals surface area contributed by atoms with Crippen LogP contribution in [0.5, 0.6) is 5.75 Å². The zero-order valence-electron chi connectivity index (χ0n) is 18.5. The van der Waals surface area contributed by atoms with E-state index in [2.05, 4.69) is 10.2 Å². The molecule has 0 saturated carbocycles. The van der Waals surface area contributed by atoms with Crippen molar-refractivity contribution in [3.05, 3.63) is 94.0 Å². The molecule has 3 aromatic carbocycles. The maximum Gasteiger partial charge on any atom is 0.323 e. The summed E-state index contributed by atoms with van der Waals surface area (Å²) in [5, 5.41) is 27.7. The number of nitrogens with zero attached hydrogens (tertiary/aromatic N) is 4. The van der Waals surface area contributed by atoms with Gasteiger partial charge in [0.05, 0.1) is 22.7 Å². The third kappa shape index (κ3) is 7.29. The molecule has 0 aromatic heterocycles. The first-order valence-corrected chi connectivity index (χ1v) is 10.2. The van der Waals surface area contributed by atoms with E-state index in [-0.39, 0.29) is 17.9 Å². The molecule has 1 amide bonds. The number of carbonyl (C=O) groups is 3. The molecule has 0 atom stereocenters. The highest BCUT2D eigenvalue weighted by Gasteiger charge is 2.14. The Labute approximate surface area is 199 Å². The number of rotatable bonds is 9. The summed E-state index contributed by atoms with van der Waals surface area (Å²) in [6, 6.07) is 18.2. The molecular weight excluding hydrogens is 456 g/mol. The Morgan fingerprint density at radius 2 is 1.46 bits per heavy atom. The number of non-ortho nitro benzene ring substituents is 1. The molecule has 35 heavy (non-hydrogen) atoms. The van der Waals surface area contributed by atoms with Crippen molar-refractivity contribution in [1.82, 2.24) is 4.90 Å². The van der Waals surface area contributed by atoms with Crippen LogP contribution in [-0.2, 0) is 16.0 Å². The number of nitro groups is 1. The van der Waals surface area contributed by atoms with Gasteiger partial charge < -0.3 is 14.7 Å². The van der Waals surface area contributed by atoms with Crippen LogP contribution in [0.15, 0.2) is 83.0 Å². The lowest BCUT2D eigenvalue weighted by atomic mass is 10.1. The average Bonchev–Trinajstić information content (AvgIpc) is 2.83. The lowest BCUT2D eigenvalue weighted by molar-refractivity contribution is -0.384. The number of aliphatic carboxylic acids is 1. The third-order valence-corrected chi connectivity index (χ3v) is 4.68. The Hall–Kier alpha value is -4.93. The summed E-state index contributed by atoms with van der Waals surface area (Å²) in [7, 11) is 1.41. The highest BCUT2D eigenvalue weighted by atomic mass is 16.6. The Bertz CT molecular complexity index is 1250. The molecule has 0 unspecified atom stereocenters. The number of carboxylic acid groups (broad SMARTS) is 1. The molecule has 0 fully saturated rings. The first-order valence-electron chi connectivity index (χ1n) is 10.2. The molecule has 3 aromatic rings. The third-order valence-electron chi connectivity index (χ3n) is 4.68. The van der Waals surface area contributed by atoms with Crippen LogP contribution >= 0.6 is 0 Å². The predicted octanol–water partition coefficient (Wildman–Crippen LogP) is 4.31. The van der Waals surface area contributed by atoms with Crippen molar-refractivity contribution in [2.75, 3.05) is 13.6 Å². The lowest BCUT2D eigenvalue weighted by Gasteiger charge is -2.14. The lowest BCUT2D eigenvalue weighted by Crippen LogP contribution is -2.31. The number of carbonyl (C=O) groups excluding carboxylic acids is 2. The maximum atomic E-state index is 12.2. The van der Waals surface area contributed by atoms with Gasteiger partial charge in [0.25, 0.3) is 11.6 Å². The van der Waals surface area contributed by atoms with Crippen molar-refractivity contribution < 1.29 is 29.2 Å². The van der Waals surface area contributed by atoms with Crippen LogP contribution in [0.4, 0.5) is 17.1 Å². The number of esters is 1. The number of amides is 1. The summed E-state index contributed by atoms with van der Waals surface area (Å²) >= 11 is 0. The van der Waals surface area contributed by atoms with Crippen LogP contribution in [0, 0.1) is 10.1 Å². The SMILES string of the molecule is CN(CC(=O)O)C(=O)c1ccc(/N=N/c2ccc(CC(=O)Oc3ccc([N+](=O)[O-])cc3)cc2)cc1. The quantitative estimate of drug-likeness (QED) is 0.159. The fourth-order valence-electron chi connectivity index (χ4n) is 2.93. The minimum atomic E-state index is -1.10. The molecule has 0 radical (unpaired) electrons. The number of carboxylic acids is 1. The van der Waals surface area contributed by atoms with Crippen LogP contribution in [-0.4, -0.2) is 46.4 Å². The summed E-state index contributed by atoms with van der Waals surface area (Å²) in [5.41, 5.74) is 1.96. The molecule has 3 rings (SSSR count). The Morgan fingerprint density at radius 3 is 1.97 bits per heavy atom. The van der Waals surface area contributed by atoms with Gasteiger partial charge in [-0.25, -0.2) is 0 Å². The first kappa shape index (κ1) is 24.7. The van der Waals surface area contributed by atoms with Gasteiger partial charge in [-0.05, 0) is 54.1 Å². The van der Waals surface area contributed by atoms with Gasteiger partial charge in [-0.3, -0.25) is 24.5 Å². The number of nitro benzene ring substituents is 1. The normalized spacial score (nSPS) is 10.7. The van der Waals surface area contributed by atoms with Gasteiger partial charge in [0.2, 0.25) is 0 Å². The Kier molecular flexibility index (Phi) is 7.96. The van der Waals surface area contributed by atoms with Crippen LogP contribution < -0.4 is 4.74 Å². The summed E-state index contributed by atoms with van der Waals surface area (Å²) in [4.78, 5) is 46.3. The second kappa shape index (κ2) is 11.3. The molecule has 0 aliphatic heterocycles. The zero-order chi connectivity index (χ0) is 25.4. The van der Waals surface area contributed by atoms with E-state index in [0.29, 0.717) is 22.5 Å². The molecule has 0 aliphatic rings. The van der Waals surface area contributed by atoms with Gasteiger partial charge in [-0.2, -0.15) is 10.2 Å². The number of hydrogen-bond acceptors (Lipinski definition) is 8. The number of hydrogen-bond donors (Lipinski definition) is 1. The fraction of sp³-hybridized carbons (Fsp3) is 0.125. The van der Waals surface area contributed by atoms with Gasteiger partial charge in [-0.15, -0.1) is 0 Å². The molecule has 178 valence electrons. The van der Waals surface area contributed by atoms with Crippen molar-refractivity contribution >= 4 is 34.9 Å². The summed E-state index contributed by atoms with van der Waals surface area (Å²) < 4.78 is 5.19. The molecule has 0 aliphatic carbocycles. The van der Waals surface area contributed by atoms with Gasteiger partial charge in [-0.1, -0.05) is 12.1 Å². The van der Waals surface area contributed by atoms with Crippen LogP contribution in [0.2, 0.25) is 0 Å². The molecule has 11 heteroatoms. The Balaban J connectivity index is 1.54. The van der Waals surface area contributed by atoms with Crippen molar-refractivity contribution in [3.63, 3.8) is 0 Å². The monoisotopic (exact) mass is 476 g/mol. The Morgan fingerprint density at radius 1 is 0.914 bits per heavy atom. The van der Waals surface area contributed by atoms with E-state index in [1.54, 1.807) is 36.4 Å². The molecule has 11 nitrogen and oxygen atoms in total. The second-order valence-corrected chi connectivity index (χ2v) is 7.37. The summed E-state index contributed by atoms with van der Waals surface area (Å²) in [5.74, 6) is -1.82. The molecule has 0 saturated heterocycles. The molecule has 0 bridgehead atoms. The van der Waals surface area contributed by atoms with E-state index in [1.165, 1.54) is 43.4 Å². The van der Waals surface area contributed by atoms with Crippen molar-refractivity contribution in [2.24, 2.45) is 10.2 Å². The number of azo groups is 1. The smallest absolute Gasteiger partial charge is 0.323 e. The predicted molar refractivity (Wildman–Crippen MR) is 124 cm³/mol. The van der Waals surface area contributed by atoms with E-state index in [0.717, 1.165) is 4.90 Å². The molecule has 0 heterocycles. The van der Waals surface area contributed by atoms with E-state index >= 15 is 0 Å². The topological polar surface area (TPSA) is 152 Å². The first-order chi connectivity index (χ1) is 16.7. The number of ether oxygens (including phenoxy) is 1. The highest BCUT2D eigenvalue weighted by molar-refractivity contribution is 5.95. The van der Waals surface area contributed by atoms with E-state index in [1.807, 2.05) is 0 Å². The minimum absolute atomic E-state index is 0.000224. The largest absolute Gasteiger partial charge is 0.480 e. The summed E-state index contributed by atoms with van der Waals surface area (Å²) in [6.07, 6.45) is 0.000224. The molecule has 0 spiro atoms. The van der Waals surface area contributed by atoms with Gasteiger partial charge >= 0.3 is 11.9 Å². The number of benzene rings is 3. The molecule has 1 N–H and O–H groups in total. The maximum absolute atomic E-state index is 12.2. The standard InChI is InChI=1S/C24H20N4O7/c1-27(15-22(29)30)24(32)17-4-8-19(9-5-17)26-25-18-6-2-16(3-7-18)14-23(31)35-21-12-10-20(11-13-21)28(33)34/h2-13H,14-15H2,1H3,(H,29,30)/b26-25+. The van der Waals surface area contributed by atoms with Crippen LogP contribution in [0.25, 0.3) is 0 Å². The van der Waals surface area contributed by atoms with Crippen molar-refractivity contribution in [3.8, 4) is 5.75 Å². The second-order valence-electron chi connectivity index (χ2n) is 7.37. The van der Waals surface area contributed by atoms with Gasteiger partial charge in [0.15, 0.2) is 0 Å². The van der Waals surface area contributed by atoms with Gasteiger partial charge in [0.1, 0.15) is 12.3 Å². The highest BCUT2D eigenvalue weighted by Crippen LogP contribution is 2.21. The van der Waals surface area contributed by atoms with Gasteiger partial charge in [0, 0.05) is 24.7 Å². The average molecular weight is 476 g/mol. The zero-order valence-corrected chi connectivity index (χ0v) is 18.5. The van der Waals surface area contributed by atoms with E-state index in [4.69, 9.17) is 9.84 Å². The van der Waals surface area contributed by atoms with Crippen LogP contribution in [0.1, 0.15) is 15.9 Å². The number of likely N-dealkylation sites (N-methyl/N-ethyl adjacent to an activating group) is 1. The van der Waals surface area contributed by atoms with Crippen molar-refractivity contribution in [2.45, 2.75) is 6.42 Å². The minimum Gasteiger partial charge on any atom is -0.480 e. The summed E-state index contributed by atoms with van der Waals surface area (Å²) in [6.45, 7) is -0.398. The van der Waals surface area contributed by atoms with Crippen LogP contribution in [0.3, 0.4) is 0 Å².